The molecule has 0 aromatic heterocycles. The Bertz CT molecular complexity index is 184. The molecule has 0 fully saturated rings. The van der Waals surface area contributed by atoms with E-state index in [1.165, 1.54) is 11.1 Å². The quantitative estimate of drug-likeness (QED) is 0.538. The van der Waals surface area contributed by atoms with Crippen molar-refractivity contribution in [3.05, 3.63) is 35.4 Å². The van der Waals surface area contributed by atoms with Gasteiger partial charge in [-0.25, -0.2) is 0 Å². The fourth-order valence-corrected chi connectivity index (χ4v) is 0.807. The maximum absolute atomic E-state index is 7.00. The van der Waals surface area contributed by atoms with Gasteiger partial charge >= 0.3 is 7.69 Å². The molecule has 1 radical (unpaired) electrons. The Hall–Kier alpha value is -0.795. The van der Waals surface area contributed by atoms with Gasteiger partial charge in [0.2, 0.25) is 0 Å². The van der Waals surface area contributed by atoms with Crippen LogP contribution >= 0.6 is 0 Å². The van der Waals surface area contributed by atoms with Gasteiger partial charge in [-0.15, -0.1) is 0 Å². The Morgan fingerprint density at radius 3 is 1.64 bits per heavy atom. The van der Waals surface area contributed by atoms with Crippen LogP contribution in [0.3, 0.4) is 0 Å². The summed E-state index contributed by atoms with van der Waals surface area (Å²) in [6, 6.07) is 8.45. The van der Waals surface area contributed by atoms with E-state index in [9.17, 15) is 0 Å². The normalized spacial score (nSPS) is 8.00. The Morgan fingerprint density at radius 1 is 1.09 bits per heavy atom. The van der Waals surface area contributed by atoms with Crippen LogP contribution in [0.25, 0.3) is 0 Å². The summed E-state index contributed by atoms with van der Waals surface area (Å²) >= 11 is 0. The second-order valence-corrected chi connectivity index (χ2v) is 2.27. The summed E-state index contributed by atoms with van der Waals surface area (Å²) < 4.78 is 0. The van der Waals surface area contributed by atoms with Gasteiger partial charge in [-0.1, -0.05) is 35.4 Å². The topological polar surface area (TPSA) is 40.5 Å². The van der Waals surface area contributed by atoms with E-state index in [-0.39, 0.29) is 7.69 Å². The highest BCUT2D eigenvalue weighted by molar-refractivity contribution is 6.13. The summed E-state index contributed by atoms with van der Waals surface area (Å²) in [6.07, 6.45) is 0. The van der Waals surface area contributed by atoms with Crippen molar-refractivity contribution < 1.29 is 10.0 Å². The predicted octanol–water partition coefficient (Wildman–Crippen LogP) is 0.809. The van der Waals surface area contributed by atoms with Gasteiger partial charge in [-0.2, -0.15) is 0 Å². The third-order valence-corrected chi connectivity index (χ3v) is 1.17. The van der Waals surface area contributed by atoms with Gasteiger partial charge in [0.25, 0.3) is 0 Å². The molecule has 0 saturated heterocycles. The van der Waals surface area contributed by atoms with Gasteiger partial charge in [0.05, 0.1) is 0 Å². The average molecular weight is 151 g/mol. The summed E-state index contributed by atoms with van der Waals surface area (Å²) in [7, 11) is 0. The maximum atomic E-state index is 7.00. The molecule has 1 rings (SSSR count). The molecular formula is C8H12BO2. The van der Waals surface area contributed by atoms with Crippen LogP contribution in [0.1, 0.15) is 11.1 Å². The number of aryl methyl sites for hydroxylation is 2. The van der Waals surface area contributed by atoms with Crippen molar-refractivity contribution in [3.63, 3.8) is 0 Å². The van der Waals surface area contributed by atoms with Crippen LogP contribution in [0.2, 0.25) is 0 Å². The Morgan fingerprint density at radius 2 is 1.45 bits per heavy atom. The van der Waals surface area contributed by atoms with E-state index in [1.54, 1.807) is 0 Å². The molecule has 2 nitrogen and oxygen atoms in total. The molecule has 59 valence electrons. The summed E-state index contributed by atoms with van der Waals surface area (Å²) in [5, 5.41) is 14.0. The Kier molecular flexibility index (Phi) is 5.52. The average Bonchev–Trinajstić information content (AvgIpc) is 1.88. The van der Waals surface area contributed by atoms with Gasteiger partial charge in [-0.05, 0) is 13.8 Å². The van der Waals surface area contributed by atoms with Crippen molar-refractivity contribution in [2.75, 3.05) is 0 Å². The summed E-state index contributed by atoms with van der Waals surface area (Å²) in [4.78, 5) is 0. The van der Waals surface area contributed by atoms with Crippen molar-refractivity contribution in [1.29, 1.82) is 0 Å². The summed E-state index contributed by atoms with van der Waals surface area (Å²) in [5.41, 5.74) is 2.68. The lowest BCUT2D eigenvalue weighted by Crippen LogP contribution is -1.75. The van der Waals surface area contributed by atoms with Crippen LogP contribution in [0.5, 0.6) is 0 Å². The lowest BCUT2D eigenvalue weighted by molar-refractivity contribution is 0.448. The lowest BCUT2D eigenvalue weighted by atomic mass is 10.2. The minimum Gasteiger partial charge on any atom is -0.429 e. The molecule has 0 spiro atoms. The number of benzene rings is 1. The Balaban J connectivity index is 0.000000292. The van der Waals surface area contributed by atoms with Crippen LogP contribution in [0.4, 0.5) is 0 Å². The van der Waals surface area contributed by atoms with E-state index in [2.05, 4.69) is 38.1 Å². The van der Waals surface area contributed by atoms with Crippen molar-refractivity contribution in [2.45, 2.75) is 13.8 Å². The smallest absolute Gasteiger partial charge is 0.429 e. The molecule has 0 bridgehead atoms. The monoisotopic (exact) mass is 151 g/mol. The molecule has 0 unspecified atom stereocenters. The SMILES string of the molecule is Cc1cccc(C)c1.O[B]O. The van der Waals surface area contributed by atoms with Gasteiger partial charge in [0, 0.05) is 0 Å². The van der Waals surface area contributed by atoms with Crippen LogP contribution in [0, 0.1) is 13.8 Å². The van der Waals surface area contributed by atoms with E-state index >= 15 is 0 Å². The van der Waals surface area contributed by atoms with E-state index in [4.69, 9.17) is 10.0 Å². The fourth-order valence-electron chi connectivity index (χ4n) is 0.807. The second kappa shape index (κ2) is 5.95. The number of rotatable bonds is 0. The highest BCUT2D eigenvalue weighted by Gasteiger charge is 1.80. The zero-order valence-corrected chi connectivity index (χ0v) is 6.78. The first-order valence-corrected chi connectivity index (χ1v) is 3.34. The van der Waals surface area contributed by atoms with Gasteiger partial charge < -0.3 is 10.0 Å². The molecule has 1 aromatic rings. The first kappa shape index (κ1) is 10.2. The molecule has 3 heteroatoms. The highest BCUT2D eigenvalue weighted by Crippen LogP contribution is 2.00. The molecule has 0 aliphatic carbocycles. The highest BCUT2D eigenvalue weighted by atomic mass is 16.4. The number of hydrogen-bond donors (Lipinski definition) is 2. The van der Waals surface area contributed by atoms with Gasteiger partial charge in [0.1, 0.15) is 0 Å². The molecule has 11 heavy (non-hydrogen) atoms. The van der Waals surface area contributed by atoms with E-state index in [1.807, 2.05) is 0 Å². The number of hydrogen-bond acceptors (Lipinski definition) is 2. The van der Waals surface area contributed by atoms with E-state index < -0.39 is 0 Å². The van der Waals surface area contributed by atoms with Crippen molar-refractivity contribution in [2.24, 2.45) is 0 Å². The van der Waals surface area contributed by atoms with E-state index in [0.29, 0.717) is 0 Å². The first-order chi connectivity index (χ1) is 5.20. The zero-order valence-electron chi connectivity index (χ0n) is 6.78. The molecule has 2 N–H and O–H groups in total. The third-order valence-electron chi connectivity index (χ3n) is 1.17. The lowest BCUT2D eigenvalue weighted by Gasteiger charge is -1.90. The summed E-state index contributed by atoms with van der Waals surface area (Å²) in [5.74, 6) is 0. The molecule has 0 saturated carbocycles. The molecule has 0 atom stereocenters. The third kappa shape index (κ3) is 5.64. The largest absolute Gasteiger partial charge is 0.482 e. The van der Waals surface area contributed by atoms with Crippen LogP contribution in [-0.4, -0.2) is 17.7 Å². The van der Waals surface area contributed by atoms with E-state index in [0.717, 1.165) is 0 Å². The Labute approximate surface area is 67.8 Å². The molecule has 0 heterocycles. The van der Waals surface area contributed by atoms with Gasteiger partial charge in [-0.3, -0.25) is 0 Å². The van der Waals surface area contributed by atoms with Crippen molar-refractivity contribution in [1.82, 2.24) is 0 Å². The second-order valence-electron chi connectivity index (χ2n) is 2.27. The molecule has 1 aromatic carbocycles. The minimum absolute atomic E-state index is 0. The van der Waals surface area contributed by atoms with Crippen LogP contribution < -0.4 is 0 Å². The van der Waals surface area contributed by atoms with Gasteiger partial charge in [0.15, 0.2) is 0 Å². The fraction of sp³-hybridized carbons (Fsp3) is 0.250. The standard InChI is InChI=1S/C8H10.BH2O2/c1-7-4-3-5-8(2)6-7;2-1-3/h3-6H,1-2H3;2-3H. The molecular weight excluding hydrogens is 139 g/mol. The van der Waals surface area contributed by atoms with Crippen molar-refractivity contribution in [3.8, 4) is 0 Å². The van der Waals surface area contributed by atoms with Crippen LogP contribution in [-0.2, 0) is 0 Å². The predicted molar refractivity (Wildman–Crippen MR) is 46.1 cm³/mol. The first-order valence-electron chi connectivity index (χ1n) is 3.34. The molecule has 0 aliphatic heterocycles. The summed E-state index contributed by atoms with van der Waals surface area (Å²) in [6.45, 7) is 4.21. The maximum Gasteiger partial charge on any atom is 0.482 e. The molecule has 0 amide bonds. The van der Waals surface area contributed by atoms with Crippen molar-refractivity contribution >= 4 is 7.69 Å². The molecule has 0 aliphatic rings. The zero-order chi connectivity index (χ0) is 8.69. The van der Waals surface area contributed by atoms with Crippen LogP contribution in [0.15, 0.2) is 24.3 Å². The minimum atomic E-state index is 0.